The molecule has 3 saturated heterocycles. The molecule has 0 aromatic carbocycles. The van der Waals surface area contributed by atoms with E-state index in [1.54, 1.807) is 0 Å². The summed E-state index contributed by atoms with van der Waals surface area (Å²) in [6.45, 7) is 9.47. The molecule has 3 heterocycles. The highest BCUT2D eigenvalue weighted by molar-refractivity contribution is 6.83. The highest BCUT2D eigenvalue weighted by atomic mass is 28.3. The van der Waals surface area contributed by atoms with Crippen LogP contribution in [0.25, 0.3) is 0 Å². The van der Waals surface area contributed by atoms with E-state index in [1.165, 1.54) is 6.42 Å². The largest absolute Gasteiger partial charge is 0.465 e. The Morgan fingerprint density at radius 2 is 2.21 bits per heavy atom. The first-order chi connectivity index (χ1) is 8.93. The Kier molecular flexibility index (Phi) is 3.03. The molecule has 4 heteroatoms. The molecule has 3 rings (SSSR count). The third-order valence-electron chi connectivity index (χ3n) is 4.75. The third kappa shape index (κ3) is 2.04. The van der Waals surface area contributed by atoms with E-state index in [9.17, 15) is 4.79 Å². The maximum Gasteiger partial charge on any atom is 0.315 e. The quantitative estimate of drug-likeness (QED) is 0.385. The van der Waals surface area contributed by atoms with Crippen LogP contribution >= 0.6 is 0 Å². The smallest absolute Gasteiger partial charge is 0.315 e. The predicted molar refractivity (Wildman–Crippen MR) is 77.2 cm³/mol. The van der Waals surface area contributed by atoms with Crippen molar-refractivity contribution >= 4 is 14.0 Å². The maximum atomic E-state index is 12.4. The number of rotatable bonds is 0. The van der Waals surface area contributed by atoms with E-state index in [-0.39, 0.29) is 17.3 Å². The molecule has 1 spiro atoms. The van der Waals surface area contributed by atoms with Crippen LogP contribution in [0.3, 0.4) is 0 Å². The first kappa shape index (κ1) is 13.2. The van der Waals surface area contributed by atoms with Gasteiger partial charge in [-0.3, -0.25) is 9.69 Å². The zero-order valence-electron chi connectivity index (χ0n) is 12.2. The molecule has 0 saturated carbocycles. The van der Waals surface area contributed by atoms with Gasteiger partial charge in [-0.05, 0) is 19.4 Å². The lowest BCUT2D eigenvalue weighted by atomic mass is 9.71. The summed E-state index contributed by atoms with van der Waals surface area (Å²) >= 11 is 0. The summed E-state index contributed by atoms with van der Waals surface area (Å²) in [4.78, 5) is 14.9. The molecule has 0 radical (unpaired) electrons. The Bertz CT molecular complexity index is 459. The Balaban J connectivity index is 1.95. The summed E-state index contributed by atoms with van der Waals surface area (Å²) in [5.74, 6) is 3.70. The van der Waals surface area contributed by atoms with Crippen molar-refractivity contribution in [1.82, 2.24) is 4.90 Å². The molecule has 104 valence electrons. The highest BCUT2D eigenvalue weighted by Crippen LogP contribution is 2.51. The fourth-order valence-electron chi connectivity index (χ4n) is 3.90. The van der Waals surface area contributed by atoms with Crippen molar-refractivity contribution in [3.63, 3.8) is 0 Å². The fourth-order valence-corrected chi connectivity index (χ4v) is 4.51. The van der Waals surface area contributed by atoms with E-state index in [2.05, 4.69) is 36.0 Å². The predicted octanol–water partition coefficient (Wildman–Crippen LogP) is 1.89. The van der Waals surface area contributed by atoms with E-state index in [0.29, 0.717) is 12.6 Å². The Labute approximate surface area is 116 Å². The molecule has 3 fully saturated rings. The normalized spacial score (nSPS) is 38.2. The van der Waals surface area contributed by atoms with Gasteiger partial charge < -0.3 is 4.74 Å². The second-order valence-electron chi connectivity index (χ2n) is 7.15. The molecule has 3 atom stereocenters. The van der Waals surface area contributed by atoms with E-state index < -0.39 is 8.07 Å². The summed E-state index contributed by atoms with van der Waals surface area (Å²) < 4.78 is 5.34. The summed E-state index contributed by atoms with van der Waals surface area (Å²) in [5.41, 5.74) is 3.18. The van der Waals surface area contributed by atoms with E-state index in [0.717, 1.165) is 25.9 Å². The summed E-state index contributed by atoms with van der Waals surface area (Å²) in [6, 6.07) is 0.392. The number of ether oxygens (including phenoxy) is 1. The summed E-state index contributed by atoms with van der Waals surface area (Å²) in [7, 11) is -1.38. The molecule has 0 bridgehead atoms. The van der Waals surface area contributed by atoms with Crippen molar-refractivity contribution < 1.29 is 9.53 Å². The van der Waals surface area contributed by atoms with Crippen molar-refractivity contribution in [2.75, 3.05) is 19.7 Å². The van der Waals surface area contributed by atoms with Crippen molar-refractivity contribution in [3.05, 3.63) is 0 Å². The second-order valence-corrected chi connectivity index (χ2v) is 11.9. The molecular formula is C15H23NO2Si. The molecule has 0 amide bonds. The van der Waals surface area contributed by atoms with Crippen molar-refractivity contribution in [2.45, 2.75) is 44.9 Å². The number of hydrogen-bond acceptors (Lipinski definition) is 3. The van der Waals surface area contributed by atoms with Crippen LogP contribution in [0.15, 0.2) is 0 Å². The minimum absolute atomic E-state index is 0.0248. The minimum atomic E-state index is -1.38. The van der Waals surface area contributed by atoms with Crippen LogP contribution in [0.2, 0.25) is 19.6 Å². The number of cyclic esters (lactones) is 1. The van der Waals surface area contributed by atoms with Gasteiger partial charge in [0.15, 0.2) is 0 Å². The summed E-state index contributed by atoms with van der Waals surface area (Å²) in [5, 5.41) is 0. The van der Waals surface area contributed by atoms with Crippen LogP contribution < -0.4 is 0 Å². The van der Waals surface area contributed by atoms with E-state index in [4.69, 9.17) is 4.74 Å². The van der Waals surface area contributed by atoms with Gasteiger partial charge in [-0.15, -0.1) is 11.5 Å². The molecule has 0 N–H and O–H groups in total. The van der Waals surface area contributed by atoms with Gasteiger partial charge in [-0.2, -0.15) is 0 Å². The SMILES string of the molecule is C[Si](C)(C)C#C[C@@H]1CN2CCC[C@@H]2[C@]12CCOC2=O. The Morgan fingerprint density at radius 1 is 1.42 bits per heavy atom. The molecule has 0 aliphatic carbocycles. The fraction of sp³-hybridized carbons (Fsp3) is 0.800. The van der Waals surface area contributed by atoms with Gasteiger partial charge >= 0.3 is 5.97 Å². The number of hydrogen-bond donors (Lipinski definition) is 0. The monoisotopic (exact) mass is 277 g/mol. The lowest BCUT2D eigenvalue weighted by Gasteiger charge is -2.29. The zero-order valence-corrected chi connectivity index (χ0v) is 13.2. The van der Waals surface area contributed by atoms with Crippen molar-refractivity contribution in [3.8, 4) is 11.5 Å². The standard InChI is InChI=1S/C15H23NO2Si/c1-19(2,3)10-6-12-11-16-8-4-5-13(16)15(12)7-9-18-14(15)17/h12-13H,4-5,7-9,11H2,1-3H3/t12-,13-,15+/m1/s1. The average molecular weight is 277 g/mol. The van der Waals surface area contributed by atoms with Gasteiger partial charge in [-0.25, -0.2) is 0 Å². The first-order valence-corrected chi connectivity index (χ1v) is 10.9. The van der Waals surface area contributed by atoms with Crippen molar-refractivity contribution in [2.24, 2.45) is 11.3 Å². The van der Waals surface area contributed by atoms with Crippen molar-refractivity contribution in [1.29, 1.82) is 0 Å². The Hall–Kier alpha value is -0.793. The molecule has 0 aromatic rings. The number of carbonyl (C=O) groups is 1. The van der Waals surface area contributed by atoms with Gasteiger partial charge in [0.1, 0.15) is 13.5 Å². The zero-order chi connectivity index (χ0) is 13.7. The molecule has 19 heavy (non-hydrogen) atoms. The number of carbonyl (C=O) groups excluding carboxylic acids is 1. The molecular weight excluding hydrogens is 254 g/mol. The first-order valence-electron chi connectivity index (χ1n) is 7.37. The van der Waals surface area contributed by atoms with Gasteiger partial charge in [0.25, 0.3) is 0 Å². The third-order valence-corrected chi connectivity index (χ3v) is 5.64. The summed E-state index contributed by atoms with van der Waals surface area (Å²) in [6.07, 6.45) is 3.23. The van der Waals surface area contributed by atoms with Gasteiger partial charge in [-0.1, -0.05) is 19.6 Å². The van der Waals surface area contributed by atoms with Crippen LogP contribution in [0.5, 0.6) is 0 Å². The number of fused-ring (bicyclic) bond motifs is 2. The Morgan fingerprint density at radius 3 is 2.84 bits per heavy atom. The van der Waals surface area contributed by atoms with Gasteiger partial charge in [0.2, 0.25) is 0 Å². The van der Waals surface area contributed by atoms with Crippen LogP contribution in [-0.4, -0.2) is 44.7 Å². The van der Waals surface area contributed by atoms with Gasteiger partial charge in [0, 0.05) is 19.0 Å². The molecule has 0 aromatic heterocycles. The van der Waals surface area contributed by atoms with Crippen LogP contribution in [0.1, 0.15) is 19.3 Å². The lowest BCUT2D eigenvalue weighted by Crippen LogP contribution is -2.41. The second kappa shape index (κ2) is 4.36. The van der Waals surface area contributed by atoms with Crippen LogP contribution in [-0.2, 0) is 9.53 Å². The molecule has 3 aliphatic rings. The average Bonchev–Trinajstić information content (AvgIpc) is 2.95. The number of nitrogens with zero attached hydrogens (tertiary/aromatic N) is 1. The van der Waals surface area contributed by atoms with E-state index >= 15 is 0 Å². The highest BCUT2D eigenvalue weighted by Gasteiger charge is 2.62. The van der Waals surface area contributed by atoms with E-state index in [1.807, 2.05) is 0 Å². The molecule has 3 aliphatic heterocycles. The molecule has 3 nitrogen and oxygen atoms in total. The van der Waals surface area contributed by atoms with Crippen LogP contribution in [0, 0.1) is 22.8 Å². The topological polar surface area (TPSA) is 29.5 Å². The maximum absolute atomic E-state index is 12.4. The minimum Gasteiger partial charge on any atom is -0.465 e. The van der Waals surface area contributed by atoms with Gasteiger partial charge in [0.05, 0.1) is 12.5 Å². The molecule has 0 unspecified atom stereocenters. The number of esters is 1. The lowest BCUT2D eigenvalue weighted by molar-refractivity contribution is -0.148. The van der Waals surface area contributed by atoms with Crippen LogP contribution in [0.4, 0.5) is 0 Å².